The zero-order valence-electron chi connectivity index (χ0n) is 12.8. The lowest BCUT2D eigenvalue weighted by atomic mass is 10.1. The maximum atomic E-state index is 12.2. The van der Waals surface area contributed by atoms with Gasteiger partial charge in [-0.1, -0.05) is 13.0 Å². The van der Waals surface area contributed by atoms with E-state index in [0.29, 0.717) is 44.3 Å². The van der Waals surface area contributed by atoms with Crippen LogP contribution < -0.4 is 5.32 Å². The molecule has 2 rings (SSSR count). The molecule has 1 aliphatic heterocycles. The number of methoxy groups -OCH3 is 1. The second-order valence-electron chi connectivity index (χ2n) is 5.44. The molecule has 1 saturated carbocycles. The van der Waals surface area contributed by atoms with Crippen LogP contribution in [0.5, 0.6) is 0 Å². The van der Waals surface area contributed by atoms with Crippen LogP contribution in [0.15, 0.2) is 11.6 Å². The van der Waals surface area contributed by atoms with E-state index in [9.17, 15) is 9.59 Å². The molecule has 1 heterocycles. The molecule has 0 aromatic rings. The number of carbonyl (C=O) groups is 2. The van der Waals surface area contributed by atoms with Gasteiger partial charge in [0.15, 0.2) is 0 Å². The van der Waals surface area contributed by atoms with Crippen LogP contribution in [0.25, 0.3) is 0 Å². The quantitative estimate of drug-likeness (QED) is 0.570. The minimum Gasteiger partial charge on any atom is -0.466 e. The van der Waals surface area contributed by atoms with Crippen molar-refractivity contribution in [3.63, 3.8) is 0 Å². The summed E-state index contributed by atoms with van der Waals surface area (Å²) in [6.45, 7) is 4.19. The molecule has 0 aromatic carbocycles. The van der Waals surface area contributed by atoms with Crippen LogP contribution in [-0.4, -0.2) is 62.3 Å². The Morgan fingerprint density at radius 3 is 2.81 bits per heavy atom. The van der Waals surface area contributed by atoms with Crippen molar-refractivity contribution < 1.29 is 19.1 Å². The van der Waals surface area contributed by atoms with Crippen molar-refractivity contribution in [1.82, 2.24) is 10.2 Å². The number of carbonyl (C=O) groups excluding carboxylic acids is 2. The lowest BCUT2D eigenvalue weighted by Gasteiger charge is -2.33. The van der Waals surface area contributed by atoms with Crippen LogP contribution in [0.4, 0.5) is 0 Å². The molecule has 118 valence electrons. The molecule has 2 fully saturated rings. The summed E-state index contributed by atoms with van der Waals surface area (Å²) in [7, 11) is 1.38. The molecule has 0 radical (unpaired) electrons. The summed E-state index contributed by atoms with van der Waals surface area (Å²) < 4.78 is 10.2. The standard InChI is InChI=1S/C15H24N2O4/c1-3-11(15(19)20-2)6-7-17-8-9-21-10-13(17)14(18)16-12-4-5-12/h6,12-13H,3-5,7-10H2,1-2H3,(H,16,18). The molecule has 6 heteroatoms. The predicted octanol–water partition coefficient (Wildman–Crippen LogP) is 0.475. The number of esters is 1. The molecule has 1 N–H and O–H groups in total. The molecule has 0 spiro atoms. The fourth-order valence-corrected chi connectivity index (χ4v) is 2.35. The van der Waals surface area contributed by atoms with Gasteiger partial charge in [-0.3, -0.25) is 9.69 Å². The zero-order valence-corrected chi connectivity index (χ0v) is 12.8. The van der Waals surface area contributed by atoms with Gasteiger partial charge in [0.25, 0.3) is 0 Å². The summed E-state index contributed by atoms with van der Waals surface area (Å²) in [5.41, 5.74) is 0.644. The van der Waals surface area contributed by atoms with E-state index in [-0.39, 0.29) is 17.9 Å². The highest BCUT2D eigenvalue weighted by atomic mass is 16.5. The Balaban J connectivity index is 1.95. The van der Waals surface area contributed by atoms with Gasteiger partial charge in [0.2, 0.25) is 5.91 Å². The summed E-state index contributed by atoms with van der Waals surface area (Å²) in [5.74, 6) is -0.272. The molecular weight excluding hydrogens is 272 g/mol. The maximum Gasteiger partial charge on any atom is 0.333 e. The van der Waals surface area contributed by atoms with Crippen LogP contribution in [0, 0.1) is 0 Å². The zero-order chi connectivity index (χ0) is 15.2. The molecular formula is C15H24N2O4. The first-order valence-electron chi connectivity index (χ1n) is 7.55. The van der Waals surface area contributed by atoms with E-state index in [2.05, 4.69) is 10.2 Å². The Hall–Kier alpha value is -1.40. The third-order valence-electron chi connectivity index (χ3n) is 3.87. The fraction of sp³-hybridized carbons (Fsp3) is 0.733. The summed E-state index contributed by atoms with van der Waals surface area (Å²) in [6.07, 6.45) is 4.62. The van der Waals surface area contributed by atoms with E-state index in [1.54, 1.807) is 0 Å². The third-order valence-corrected chi connectivity index (χ3v) is 3.87. The topological polar surface area (TPSA) is 67.9 Å². The van der Waals surface area contributed by atoms with Crippen LogP contribution in [-0.2, 0) is 19.1 Å². The molecule has 1 atom stereocenters. The van der Waals surface area contributed by atoms with E-state index >= 15 is 0 Å². The van der Waals surface area contributed by atoms with Gasteiger partial charge in [-0.15, -0.1) is 0 Å². The average molecular weight is 296 g/mol. The van der Waals surface area contributed by atoms with Gasteiger partial charge in [0.05, 0.1) is 20.3 Å². The normalized spacial score (nSPS) is 23.7. The number of hydrogen-bond acceptors (Lipinski definition) is 5. The van der Waals surface area contributed by atoms with Crippen molar-refractivity contribution in [3.05, 3.63) is 11.6 Å². The van der Waals surface area contributed by atoms with Crippen molar-refractivity contribution in [2.45, 2.75) is 38.3 Å². The molecule has 2 aliphatic rings. The Bertz CT molecular complexity index is 418. The Kier molecular flexibility index (Phi) is 5.76. The minimum atomic E-state index is -0.301. The van der Waals surface area contributed by atoms with Gasteiger partial charge in [-0.05, 0) is 19.3 Å². The Labute approximate surface area is 125 Å². The number of amides is 1. The smallest absolute Gasteiger partial charge is 0.333 e. The van der Waals surface area contributed by atoms with E-state index in [1.165, 1.54) is 7.11 Å². The number of hydrogen-bond donors (Lipinski definition) is 1. The summed E-state index contributed by atoms with van der Waals surface area (Å²) in [4.78, 5) is 25.8. The van der Waals surface area contributed by atoms with Gasteiger partial charge in [0.1, 0.15) is 6.04 Å². The molecule has 1 saturated heterocycles. The van der Waals surface area contributed by atoms with Gasteiger partial charge < -0.3 is 14.8 Å². The van der Waals surface area contributed by atoms with Crippen LogP contribution >= 0.6 is 0 Å². The first kappa shape index (κ1) is 16.0. The lowest BCUT2D eigenvalue weighted by Crippen LogP contribution is -2.54. The monoisotopic (exact) mass is 296 g/mol. The van der Waals surface area contributed by atoms with Gasteiger partial charge in [-0.2, -0.15) is 0 Å². The highest BCUT2D eigenvalue weighted by Crippen LogP contribution is 2.19. The fourth-order valence-electron chi connectivity index (χ4n) is 2.35. The summed E-state index contributed by atoms with van der Waals surface area (Å²) in [6, 6.07) is 0.0736. The predicted molar refractivity (Wildman–Crippen MR) is 77.7 cm³/mol. The molecule has 6 nitrogen and oxygen atoms in total. The molecule has 0 aromatic heterocycles. The highest BCUT2D eigenvalue weighted by Gasteiger charge is 2.32. The van der Waals surface area contributed by atoms with Crippen molar-refractivity contribution in [2.75, 3.05) is 33.4 Å². The Morgan fingerprint density at radius 2 is 2.19 bits per heavy atom. The van der Waals surface area contributed by atoms with Crippen LogP contribution in [0.3, 0.4) is 0 Å². The third kappa shape index (κ3) is 4.54. The first-order chi connectivity index (χ1) is 10.2. The first-order valence-corrected chi connectivity index (χ1v) is 7.55. The van der Waals surface area contributed by atoms with E-state index in [1.807, 2.05) is 13.0 Å². The van der Waals surface area contributed by atoms with E-state index in [0.717, 1.165) is 12.8 Å². The minimum absolute atomic E-state index is 0.0294. The van der Waals surface area contributed by atoms with Crippen LogP contribution in [0.2, 0.25) is 0 Å². The van der Waals surface area contributed by atoms with E-state index in [4.69, 9.17) is 9.47 Å². The lowest BCUT2D eigenvalue weighted by molar-refractivity contribution is -0.136. The molecule has 0 bridgehead atoms. The van der Waals surface area contributed by atoms with Gasteiger partial charge in [-0.25, -0.2) is 4.79 Å². The molecule has 21 heavy (non-hydrogen) atoms. The van der Waals surface area contributed by atoms with Gasteiger partial charge >= 0.3 is 5.97 Å². The van der Waals surface area contributed by atoms with Crippen LogP contribution in [0.1, 0.15) is 26.2 Å². The van der Waals surface area contributed by atoms with Crippen molar-refractivity contribution in [1.29, 1.82) is 0 Å². The highest BCUT2D eigenvalue weighted by molar-refractivity contribution is 5.88. The maximum absolute atomic E-state index is 12.2. The SMILES string of the molecule is CCC(=CCN1CCOCC1C(=O)NC1CC1)C(=O)OC. The summed E-state index contributed by atoms with van der Waals surface area (Å²) >= 11 is 0. The van der Waals surface area contributed by atoms with Crippen molar-refractivity contribution in [3.8, 4) is 0 Å². The molecule has 1 unspecified atom stereocenters. The molecule has 1 amide bonds. The number of nitrogens with zero attached hydrogens (tertiary/aromatic N) is 1. The van der Waals surface area contributed by atoms with Crippen molar-refractivity contribution in [2.24, 2.45) is 0 Å². The number of morpholine rings is 1. The molecule has 1 aliphatic carbocycles. The number of ether oxygens (including phenoxy) is 2. The average Bonchev–Trinajstić information content (AvgIpc) is 3.31. The number of rotatable bonds is 6. The Morgan fingerprint density at radius 1 is 1.43 bits per heavy atom. The van der Waals surface area contributed by atoms with E-state index < -0.39 is 0 Å². The second kappa shape index (κ2) is 7.56. The summed E-state index contributed by atoms with van der Waals surface area (Å²) in [5, 5.41) is 3.02. The van der Waals surface area contributed by atoms with Gasteiger partial charge in [0, 0.05) is 24.7 Å². The second-order valence-corrected chi connectivity index (χ2v) is 5.44. The van der Waals surface area contributed by atoms with Crippen molar-refractivity contribution >= 4 is 11.9 Å². The number of nitrogens with one attached hydrogen (secondary N) is 1. The largest absolute Gasteiger partial charge is 0.466 e.